The van der Waals surface area contributed by atoms with Crippen LogP contribution in [0, 0.1) is 0 Å². The summed E-state index contributed by atoms with van der Waals surface area (Å²) in [5.74, 6) is 2.76. The minimum Gasteiger partial charge on any atom is -0.264 e. The van der Waals surface area contributed by atoms with Crippen molar-refractivity contribution in [1.82, 2.24) is 4.98 Å². The Morgan fingerprint density at radius 1 is 1.27 bits per heavy atom. The lowest BCUT2D eigenvalue weighted by atomic mass is 10.3. The van der Waals surface area contributed by atoms with Gasteiger partial charge in [-0.25, -0.2) is 4.99 Å². The van der Waals surface area contributed by atoms with Crippen LogP contribution in [0.25, 0.3) is 12.3 Å². The van der Waals surface area contributed by atoms with Gasteiger partial charge in [0.15, 0.2) is 0 Å². The van der Waals surface area contributed by atoms with Crippen molar-refractivity contribution in [1.29, 1.82) is 0 Å². The molecule has 11 heavy (non-hydrogen) atoms. The van der Waals surface area contributed by atoms with Crippen LogP contribution in [0.4, 0.5) is 0 Å². The number of hydrogen-bond acceptors (Lipinski definition) is 2. The highest BCUT2D eigenvalue weighted by Gasteiger charge is 1.83. The molecular formula is C9H6N2. The lowest BCUT2D eigenvalue weighted by molar-refractivity contribution is 1.27. The summed E-state index contributed by atoms with van der Waals surface area (Å²) in [6.45, 7) is 0. The predicted octanol–water partition coefficient (Wildman–Crippen LogP) is -0.160. The minimum atomic E-state index is 1.08. The lowest BCUT2D eigenvalue weighted by Crippen LogP contribution is -2.23. The largest absolute Gasteiger partial charge is 0.264 e. The van der Waals surface area contributed by atoms with Crippen LogP contribution in [0.15, 0.2) is 29.5 Å². The highest BCUT2D eigenvalue weighted by Crippen LogP contribution is 1.73. The first-order valence-electron chi connectivity index (χ1n) is 3.36. The highest BCUT2D eigenvalue weighted by atomic mass is 14.7. The monoisotopic (exact) mass is 142 g/mol. The summed E-state index contributed by atoms with van der Waals surface area (Å²) in [5, 5.41) is 2.17. The molecule has 0 amide bonds. The fourth-order valence-corrected chi connectivity index (χ4v) is 0.951. The second-order valence-corrected chi connectivity index (χ2v) is 2.23. The summed E-state index contributed by atoms with van der Waals surface area (Å²) >= 11 is 0. The molecule has 0 N–H and O–H groups in total. The smallest absolute Gasteiger partial charge is 0.0447 e. The standard InChI is InChI=1S/C9H6N2/c1-2-8-6-11-5-3-9(8)7-10-4-1/h1-3,5-7H. The SMILES string of the molecule is C1=CC=c2cnccc2=CN=1. The van der Waals surface area contributed by atoms with Gasteiger partial charge in [-0.15, -0.1) is 0 Å². The van der Waals surface area contributed by atoms with E-state index in [1.807, 2.05) is 18.3 Å². The molecule has 0 fully saturated rings. The average Bonchev–Trinajstić information content (AvgIpc) is 2.28. The molecular weight excluding hydrogens is 136 g/mol. The van der Waals surface area contributed by atoms with E-state index in [4.69, 9.17) is 0 Å². The van der Waals surface area contributed by atoms with E-state index in [1.165, 1.54) is 0 Å². The Hall–Kier alpha value is -1.66. The molecule has 52 valence electrons. The topological polar surface area (TPSA) is 25.2 Å². The molecule has 0 spiro atoms. The second kappa shape index (κ2) is 2.52. The number of hydrogen-bond donors (Lipinski definition) is 0. The molecule has 2 rings (SSSR count). The van der Waals surface area contributed by atoms with E-state index in [1.54, 1.807) is 18.5 Å². The van der Waals surface area contributed by atoms with E-state index in [-0.39, 0.29) is 0 Å². The van der Waals surface area contributed by atoms with E-state index in [0.717, 1.165) is 10.4 Å². The first kappa shape index (κ1) is 6.08. The van der Waals surface area contributed by atoms with Crippen LogP contribution in [0.1, 0.15) is 0 Å². The summed E-state index contributed by atoms with van der Waals surface area (Å²) in [7, 11) is 0. The van der Waals surface area contributed by atoms with E-state index < -0.39 is 0 Å². The lowest BCUT2D eigenvalue weighted by Gasteiger charge is -1.83. The normalized spacial score (nSPS) is 12.7. The molecule has 0 saturated heterocycles. The molecule has 1 aromatic heterocycles. The quantitative estimate of drug-likeness (QED) is 0.494. The third kappa shape index (κ3) is 1.11. The second-order valence-electron chi connectivity index (χ2n) is 2.23. The van der Waals surface area contributed by atoms with Crippen molar-refractivity contribution in [2.75, 3.05) is 0 Å². The molecule has 0 unspecified atom stereocenters. The minimum absolute atomic E-state index is 1.08. The van der Waals surface area contributed by atoms with Gasteiger partial charge in [-0.05, 0) is 18.0 Å². The molecule has 2 nitrogen and oxygen atoms in total. The highest BCUT2D eigenvalue weighted by molar-refractivity contribution is 5.67. The van der Waals surface area contributed by atoms with Crippen LogP contribution < -0.4 is 10.4 Å². The van der Waals surface area contributed by atoms with Crippen LogP contribution in [-0.2, 0) is 0 Å². The molecule has 0 aromatic carbocycles. The number of nitrogens with zero attached hydrogens (tertiary/aromatic N) is 2. The fourth-order valence-electron chi connectivity index (χ4n) is 0.951. The fraction of sp³-hybridized carbons (Fsp3) is 0. The number of rotatable bonds is 0. The van der Waals surface area contributed by atoms with Gasteiger partial charge in [0.2, 0.25) is 0 Å². The first-order chi connectivity index (χ1) is 5.47. The molecule has 2 heteroatoms. The van der Waals surface area contributed by atoms with Crippen molar-refractivity contribution < 1.29 is 0 Å². The Morgan fingerprint density at radius 3 is 3.27 bits per heavy atom. The first-order valence-corrected chi connectivity index (χ1v) is 3.36. The van der Waals surface area contributed by atoms with Gasteiger partial charge in [0, 0.05) is 35.1 Å². The van der Waals surface area contributed by atoms with Gasteiger partial charge in [0.25, 0.3) is 0 Å². The van der Waals surface area contributed by atoms with Gasteiger partial charge < -0.3 is 0 Å². The molecule has 1 aliphatic heterocycles. The molecule has 0 atom stereocenters. The summed E-state index contributed by atoms with van der Waals surface area (Å²) in [6, 6.07) is 1.93. The number of aliphatic imine (C=N–C) groups is 1. The average molecular weight is 142 g/mol. The Labute approximate surface area is 63.9 Å². The van der Waals surface area contributed by atoms with Crippen molar-refractivity contribution >= 4 is 18.1 Å². The van der Waals surface area contributed by atoms with Crippen molar-refractivity contribution in [2.24, 2.45) is 4.99 Å². The van der Waals surface area contributed by atoms with E-state index in [0.29, 0.717) is 0 Å². The number of allylic oxidation sites excluding steroid dienone is 1. The van der Waals surface area contributed by atoms with Gasteiger partial charge in [-0.2, -0.15) is 0 Å². The number of pyridine rings is 1. The maximum atomic E-state index is 4.00. The Kier molecular flexibility index (Phi) is 1.39. The summed E-state index contributed by atoms with van der Waals surface area (Å²) in [5.41, 5.74) is 0. The van der Waals surface area contributed by atoms with E-state index in [2.05, 4.69) is 15.8 Å². The Balaban J connectivity index is 2.91. The number of fused-ring (bicyclic) bond motifs is 1. The Morgan fingerprint density at radius 2 is 2.27 bits per heavy atom. The van der Waals surface area contributed by atoms with Gasteiger partial charge >= 0.3 is 0 Å². The van der Waals surface area contributed by atoms with Crippen molar-refractivity contribution in [3.63, 3.8) is 0 Å². The zero-order chi connectivity index (χ0) is 7.52. The van der Waals surface area contributed by atoms with Crippen LogP contribution in [-0.4, -0.2) is 10.9 Å². The predicted molar refractivity (Wildman–Crippen MR) is 44.4 cm³/mol. The van der Waals surface area contributed by atoms with E-state index in [9.17, 15) is 0 Å². The molecule has 2 heterocycles. The summed E-state index contributed by atoms with van der Waals surface area (Å²) in [6.07, 6.45) is 9.06. The third-order valence-corrected chi connectivity index (χ3v) is 1.50. The van der Waals surface area contributed by atoms with Gasteiger partial charge in [-0.1, -0.05) is 0 Å². The van der Waals surface area contributed by atoms with Crippen molar-refractivity contribution in [2.45, 2.75) is 0 Å². The molecule has 0 aliphatic carbocycles. The zero-order valence-corrected chi connectivity index (χ0v) is 5.86. The van der Waals surface area contributed by atoms with Crippen LogP contribution in [0.2, 0.25) is 0 Å². The molecule has 0 bridgehead atoms. The summed E-state index contributed by atoms with van der Waals surface area (Å²) in [4.78, 5) is 7.92. The molecule has 0 saturated carbocycles. The summed E-state index contributed by atoms with van der Waals surface area (Å²) < 4.78 is 0. The molecule has 1 aliphatic rings. The van der Waals surface area contributed by atoms with E-state index >= 15 is 0 Å². The van der Waals surface area contributed by atoms with Crippen LogP contribution in [0.3, 0.4) is 0 Å². The zero-order valence-electron chi connectivity index (χ0n) is 5.86. The molecule has 1 aromatic rings. The molecule has 0 radical (unpaired) electrons. The van der Waals surface area contributed by atoms with Gasteiger partial charge in [-0.3, -0.25) is 4.98 Å². The maximum absolute atomic E-state index is 4.00. The Bertz CT molecular complexity index is 398. The number of aromatic nitrogens is 1. The van der Waals surface area contributed by atoms with Crippen molar-refractivity contribution in [3.8, 4) is 0 Å². The van der Waals surface area contributed by atoms with Crippen molar-refractivity contribution in [3.05, 3.63) is 35.0 Å². The maximum Gasteiger partial charge on any atom is 0.0447 e. The van der Waals surface area contributed by atoms with Crippen LogP contribution in [0.5, 0.6) is 0 Å². The third-order valence-electron chi connectivity index (χ3n) is 1.50. The van der Waals surface area contributed by atoms with Gasteiger partial charge in [0.05, 0.1) is 0 Å². The van der Waals surface area contributed by atoms with Crippen LogP contribution >= 0.6 is 0 Å². The van der Waals surface area contributed by atoms with Gasteiger partial charge in [0.1, 0.15) is 0 Å².